The largest absolute Gasteiger partial charge is 0.421 e. The molecule has 30 heavy (non-hydrogen) atoms. The summed E-state index contributed by atoms with van der Waals surface area (Å²) in [5.74, 6) is 0.206. The number of piperidine rings is 1. The Kier molecular flexibility index (Phi) is 5.10. The molecule has 0 radical (unpaired) electrons. The first-order valence-corrected chi connectivity index (χ1v) is 9.38. The van der Waals surface area contributed by atoms with Gasteiger partial charge in [0.1, 0.15) is 11.8 Å². The summed E-state index contributed by atoms with van der Waals surface area (Å²) in [7, 11) is 0. The van der Waals surface area contributed by atoms with Crippen molar-refractivity contribution < 1.29 is 22.7 Å². The minimum Gasteiger partial charge on any atom is -0.376 e. The highest BCUT2D eigenvalue weighted by Crippen LogP contribution is 2.38. The molecule has 7 nitrogen and oxygen atoms in total. The molecule has 3 aromatic heterocycles. The zero-order valence-electron chi connectivity index (χ0n) is 16.0. The second-order valence-corrected chi connectivity index (χ2v) is 7.38. The lowest BCUT2D eigenvalue weighted by molar-refractivity contribution is -0.259. The van der Waals surface area contributed by atoms with Crippen molar-refractivity contribution in [2.75, 3.05) is 18.4 Å². The maximum Gasteiger partial charge on any atom is 0.421 e. The second-order valence-electron chi connectivity index (χ2n) is 7.38. The average Bonchev–Trinajstić information content (AvgIpc) is 3.12. The Hall–Kier alpha value is -2.79. The number of imidazole rings is 1. The van der Waals surface area contributed by atoms with E-state index in [1.165, 1.54) is 35.1 Å². The number of halogens is 4. The van der Waals surface area contributed by atoms with Gasteiger partial charge >= 0.3 is 6.18 Å². The van der Waals surface area contributed by atoms with Crippen LogP contribution >= 0.6 is 0 Å². The van der Waals surface area contributed by atoms with Crippen LogP contribution in [0.1, 0.15) is 18.9 Å². The van der Waals surface area contributed by atoms with Gasteiger partial charge in [-0.15, -0.1) is 0 Å². The van der Waals surface area contributed by atoms with Crippen molar-refractivity contribution in [1.29, 1.82) is 0 Å². The number of alkyl halides is 4. The number of rotatable bonds is 4. The Morgan fingerprint density at radius 3 is 2.77 bits per heavy atom. The van der Waals surface area contributed by atoms with Crippen molar-refractivity contribution in [1.82, 2.24) is 24.7 Å². The number of hydrogen-bond donors (Lipinski definition) is 3. The Labute approximate surface area is 169 Å². The van der Waals surface area contributed by atoms with E-state index in [1.807, 2.05) is 0 Å². The molecular formula is C19H20F4N6O. The van der Waals surface area contributed by atoms with Gasteiger partial charge in [-0.05, 0) is 32.0 Å². The molecule has 11 heteroatoms. The first-order chi connectivity index (χ1) is 14.2. The molecule has 0 aromatic carbocycles. The monoisotopic (exact) mass is 424 g/mol. The van der Waals surface area contributed by atoms with E-state index < -0.39 is 24.0 Å². The number of aliphatic hydroxyl groups is 1. The SMILES string of the molecule is C[C@@](O)(c1ccc2ncc(-c3ccnc(N[C@H]4CNCC[C@@H]4F)n3)n2c1)C(F)(F)F. The molecule has 160 valence electrons. The lowest BCUT2D eigenvalue weighted by Crippen LogP contribution is -2.46. The van der Waals surface area contributed by atoms with Crippen LogP contribution in [0.5, 0.6) is 0 Å². The van der Waals surface area contributed by atoms with Crippen molar-refractivity contribution in [3.8, 4) is 11.4 Å². The Morgan fingerprint density at radius 2 is 2.03 bits per heavy atom. The third-order valence-corrected chi connectivity index (χ3v) is 5.25. The summed E-state index contributed by atoms with van der Waals surface area (Å²) in [5, 5.41) is 16.1. The van der Waals surface area contributed by atoms with Crippen LogP contribution in [-0.4, -0.2) is 55.9 Å². The number of hydrogen-bond acceptors (Lipinski definition) is 6. The van der Waals surface area contributed by atoms with Crippen molar-refractivity contribution >= 4 is 11.6 Å². The van der Waals surface area contributed by atoms with Gasteiger partial charge in [0.15, 0.2) is 5.60 Å². The molecule has 0 spiro atoms. The zero-order valence-corrected chi connectivity index (χ0v) is 16.0. The van der Waals surface area contributed by atoms with Gasteiger partial charge in [-0.25, -0.2) is 19.3 Å². The smallest absolute Gasteiger partial charge is 0.376 e. The molecular weight excluding hydrogens is 404 g/mol. The number of aromatic nitrogens is 4. The molecule has 1 fully saturated rings. The topological polar surface area (TPSA) is 87.4 Å². The number of nitrogens with zero attached hydrogens (tertiary/aromatic N) is 4. The summed E-state index contributed by atoms with van der Waals surface area (Å²) in [6, 6.07) is 3.67. The standard InChI is InChI=1S/C19H20F4N6O/c1-18(30,19(21,22)23)11-2-3-16-26-9-15(29(16)10-11)13-5-7-25-17(27-13)28-14-8-24-6-4-12(14)20/h2-3,5,7,9-10,12,14,24,30H,4,6,8H2,1H3,(H,25,27,28)/t12-,14-,18+/m0/s1. The third kappa shape index (κ3) is 3.70. The Balaban J connectivity index is 1.69. The van der Waals surface area contributed by atoms with Crippen LogP contribution in [0.25, 0.3) is 17.0 Å². The van der Waals surface area contributed by atoms with Gasteiger partial charge in [0.05, 0.1) is 23.6 Å². The second kappa shape index (κ2) is 7.47. The molecule has 0 saturated carbocycles. The lowest BCUT2D eigenvalue weighted by Gasteiger charge is -2.27. The first kappa shape index (κ1) is 20.5. The van der Waals surface area contributed by atoms with Gasteiger partial charge in [0.2, 0.25) is 5.95 Å². The molecule has 1 saturated heterocycles. The molecule has 4 heterocycles. The minimum absolute atomic E-state index is 0.206. The van der Waals surface area contributed by atoms with Crippen molar-refractivity contribution in [2.45, 2.75) is 37.3 Å². The van der Waals surface area contributed by atoms with E-state index in [2.05, 4.69) is 25.6 Å². The van der Waals surface area contributed by atoms with E-state index in [1.54, 1.807) is 6.07 Å². The van der Waals surface area contributed by atoms with Crippen LogP contribution in [0, 0.1) is 0 Å². The van der Waals surface area contributed by atoms with E-state index in [9.17, 15) is 22.7 Å². The quantitative estimate of drug-likeness (QED) is 0.559. The predicted molar refractivity (Wildman–Crippen MR) is 102 cm³/mol. The molecule has 4 rings (SSSR count). The van der Waals surface area contributed by atoms with Crippen LogP contribution in [0.3, 0.4) is 0 Å². The fourth-order valence-corrected chi connectivity index (χ4v) is 3.33. The average molecular weight is 424 g/mol. The van der Waals surface area contributed by atoms with Crippen LogP contribution in [0.4, 0.5) is 23.5 Å². The molecule has 1 aliphatic heterocycles. The minimum atomic E-state index is -4.84. The van der Waals surface area contributed by atoms with Crippen molar-refractivity contribution in [3.05, 3.63) is 42.4 Å². The van der Waals surface area contributed by atoms with Crippen LogP contribution in [0.15, 0.2) is 36.8 Å². The van der Waals surface area contributed by atoms with E-state index in [4.69, 9.17) is 0 Å². The van der Waals surface area contributed by atoms with Gasteiger partial charge in [0, 0.05) is 24.5 Å². The Morgan fingerprint density at radius 1 is 1.23 bits per heavy atom. The summed E-state index contributed by atoms with van der Waals surface area (Å²) < 4.78 is 55.2. The number of anilines is 1. The van der Waals surface area contributed by atoms with Gasteiger partial charge < -0.3 is 15.7 Å². The summed E-state index contributed by atoms with van der Waals surface area (Å²) in [6.07, 6.45) is -1.38. The van der Waals surface area contributed by atoms with Crippen LogP contribution in [-0.2, 0) is 5.60 Å². The van der Waals surface area contributed by atoms with E-state index in [0.717, 1.165) is 0 Å². The van der Waals surface area contributed by atoms with E-state index in [0.29, 0.717) is 43.5 Å². The van der Waals surface area contributed by atoms with E-state index in [-0.39, 0.29) is 11.5 Å². The third-order valence-electron chi connectivity index (χ3n) is 5.25. The molecule has 3 atom stereocenters. The summed E-state index contributed by atoms with van der Waals surface area (Å²) in [4.78, 5) is 12.7. The van der Waals surface area contributed by atoms with Crippen molar-refractivity contribution in [2.24, 2.45) is 0 Å². The molecule has 1 aliphatic rings. The van der Waals surface area contributed by atoms with Crippen LogP contribution < -0.4 is 10.6 Å². The fraction of sp³-hybridized carbons (Fsp3) is 0.421. The van der Waals surface area contributed by atoms with Gasteiger partial charge in [-0.3, -0.25) is 4.40 Å². The molecule has 0 amide bonds. The Bertz CT molecular complexity index is 1050. The fourth-order valence-electron chi connectivity index (χ4n) is 3.33. The first-order valence-electron chi connectivity index (χ1n) is 9.38. The number of fused-ring (bicyclic) bond motifs is 1. The zero-order chi connectivity index (χ0) is 21.5. The molecule has 0 aliphatic carbocycles. The maximum atomic E-state index is 14.1. The van der Waals surface area contributed by atoms with Gasteiger partial charge in [-0.2, -0.15) is 13.2 Å². The summed E-state index contributed by atoms with van der Waals surface area (Å²) in [6.45, 7) is 1.73. The normalized spacial score (nSPS) is 22.1. The molecule has 0 bridgehead atoms. The summed E-state index contributed by atoms with van der Waals surface area (Å²) >= 11 is 0. The molecule has 0 unspecified atom stereocenters. The number of pyridine rings is 1. The van der Waals surface area contributed by atoms with Crippen molar-refractivity contribution in [3.63, 3.8) is 0 Å². The van der Waals surface area contributed by atoms with E-state index >= 15 is 0 Å². The van der Waals surface area contributed by atoms with Gasteiger partial charge in [0.25, 0.3) is 0 Å². The molecule has 3 N–H and O–H groups in total. The predicted octanol–water partition coefficient (Wildman–Crippen LogP) is 2.67. The summed E-state index contributed by atoms with van der Waals surface area (Å²) in [5.41, 5.74) is -2.16. The number of nitrogens with one attached hydrogen (secondary N) is 2. The lowest BCUT2D eigenvalue weighted by atomic mass is 9.97. The molecule has 3 aromatic rings. The van der Waals surface area contributed by atoms with Crippen LogP contribution in [0.2, 0.25) is 0 Å². The highest BCUT2D eigenvalue weighted by Gasteiger charge is 2.51. The highest BCUT2D eigenvalue weighted by molar-refractivity contribution is 5.61. The van der Waals surface area contributed by atoms with Gasteiger partial charge in [-0.1, -0.05) is 6.07 Å². The highest BCUT2D eigenvalue weighted by atomic mass is 19.4. The maximum absolute atomic E-state index is 14.1.